The summed E-state index contributed by atoms with van der Waals surface area (Å²) in [4.78, 5) is 2.32. The molecular weight excluding hydrogens is 382 g/mol. The molecule has 0 N–H and O–H groups in total. The van der Waals surface area contributed by atoms with Gasteiger partial charge in [-0.1, -0.05) is 56.7 Å². The number of benzene rings is 2. The number of aryl methyl sites for hydroxylation is 2. The van der Waals surface area contributed by atoms with Crippen molar-refractivity contribution in [1.29, 1.82) is 0 Å². The Morgan fingerprint density at radius 1 is 1.07 bits per heavy atom. The van der Waals surface area contributed by atoms with Crippen LogP contribution in [0.5, 0.6) is 0 Å². The molecule has 3 aromatic rings. The summed E-state index contributed by atoms with van der Waals surface area (Å²) in [6, 6.07) is 11.7. The summed E-state index contributed by atoms with van der Waals surface area (Å²) in [6.07, 6.45) is 13.9. The van der Waals surface area contributed by atoms with Crippen molar-refractivity contribution in [2.45, 2.75) is 58.3 Å². The van der Waals surface area contributed by atoms with E-state index in [9.17, 15) is 0 Å². The van der Waals surface area contributed by atoms with E-state index in [-0.39, 0.29) is 0 Å². The smallest absolute Gasteiger partial charge is 0.0387 e. The molecule has 2 heteroatoms. The highest BCUT2D eigenvalue weighted by Gasteiger charge is 2.26. The number of nitrogens with zero attached hydrogens (tertiary/aromatic N) is 1. The minimum Gasteiger partial charge on any atom is -0.354 e. The molecule has 0 spiro atoms. The number of thiophene rings is 1. The molecule has 1 nitrogen and oxygen atoms in total. The first-order chi connectivity index (χ1) is 14.7. The Balaban J connectivity index is 1.70. The number of fused-ring (bicyclic) bond motifs is 6. The maximum absolute atomic E-state index is 4.50. The van der Waals surface area contributed by atoms with Gasteiger partial charge in [-0.25, -0.2) is 0 Å². The van der Waals surface area contributed by atoms with Gasteiger partial charge in [-0.3, -0.25) is 0 Å². The summed E-state index contributed by atoms with van der Waals surface area (Å²) in [5.74, 6) is 0. The molecule has 154 valence electrons. The maximum atomic E-state index is 4.50. The van der Waals surface area contributed by atoms with Crippen LogP contribution >= 0.6 is 11.3 Å². The molecule has 0 saturated carbocycles. The summed E-state index contributed by atoms with van der Waals surface area (Å²) in [6.45, 7) is 6.79. The molecule has 2 aromatic carbocycles. The van der Waals surface area contributed by atoms with Gasteiger partial charge in [0.15, 0.2) is 0 Å². The van der Waals surface area contributed by atoms with E-state index in [1.807, 2.05) is 11.3 Å². The Morgan fingerprint density at radius 3 is 2.83 bits per heavy atom. The van der Waals surface area contributed by atoms with Crippen LogP contribution in [-0.2, 0) is 12.8 Å². The van der Waals surface area contributed by atoms with Crippen LogP contribution in [0, 0.1) is 0 Å². The Kier molecular flexibility index (Phi) is 5.28. The minimum absolute atomic E-state index is 1.05. The van der Waals surface area contributed by atoms with E-state index in [1.165, 1.54) is 73.8 Å². The van der Waals surface area contributed by atoms with E-state index in [4.69, 9.17) is 0 Å². The Bertz CT molecular complexity index is 1190. The largest absolute Gasteiger partial charge is 0.354 e. The van der Waals surface area contributed by atoms with Gasteiger partial charge in [0.05, 0.1) is 0 Å². The van der Waals surface area contributed by atoms with Crippen molar-refractivity contribution in [1.82, 2.24) is 4.90 Å². The van der Waals surface area contributed by atoms with Gasteiger partial charge in [0.1, 0.15) is 0 Å². The minimum atomic E-state index is 1.05. The molecule has 30 heavy (non-hydrogen) atoms. The maximum Gasteiger partial charge on any atom is 0.0387 e. The number of allylic oxidation sites excluding steroid dienone is 4. The van der Waals surface area contributed by atoms with E-state index in [0.29, 0.717) is 0 Å². The number of rotatable bonds is 4. The third kappa shape index (κ3) is 3.22. The highest BCUT2D eigenvalue weighted by Crippen LogP contribution is 2.46. The summed E-state index contributed by atoms with van der Waals surface area (Å²) >= 11 is 2.00. The lowest BCUT2D eigenvalue weighted by Gasteiger charge is -2.31. The average Bonchev–Trinajstić information content (AvgIpc) is 3.14. The lowest BCUT2D eigenvalue weighted by molar-refractivity contribution is 0.531. The van der Waals surface area contributed by atoms with E-state index in [1.54, 1.807) is 5.56 Å². The van der Waals surface area contributed by atoms with Crippen LogP contribution in [0.25, 0.3) is 25.7 Å². The highest BCUT2D eigenvalue weighted by molar-refractivity contribution is 7.26. The molecule has 5 rings (SSSR count). The van der Waals surface area contributed by atoms with Crippen molar-refractivity contribution in [3.8, 4) is 0 Å². The molecule has 0 fully saturated rings. The van der Waals surface area contributed by atoms with Gasteiger partial charge in [0.2, 0.25) is 0 Å². The van der Waals surface area contributed by atoms with Crippen molar-refractivity contribution in [3.63, 3.8) is 0 Å². The van der Waals surface area contributed by atoms with Gasteiger partial charge >= 0.3 is 0 Å². The first kappa shape index (κ1) is 19.6. The molecule has 0 saturated heterocycles. The molecule has 2 heterocycles. The third-order valence-electron chi connectivity index (χ3n) is 6.79. The molecule has 0 bridgehead atoms. The molecular formula is C28H31NS. The molecule has 1 aliphatic heterocycles. The van der Waals surface area contributed by atoms with Crippen molar-refractivity contribution in [2.75, 3.05) is 7.05 Å². The monoisotopic (exact) mass is 413 g/mol. The Labute approximate surface area is 184 Å². The van der Waals surface area contributed by atoms with Crippen LogP contribution in [0.2, 0.25) is 0 Å². The lowest BCUT2D eigenvalue weighted by atomic mass is 9.81. The van der Waals surface area contributed by atoms with Gasteiger partial charge < -0.3 is 4.90 Å². The lowest BCUT2D eigenvalue weighted by Crippen LogP contribution is -2.19. The predicted molar refractivity (Wildman–Crippen MR) is 133 cm³/mol. The van der Waals surface area contributed by atoms with Gasteiger partial charge in [-0.05, 0) is 73.1 Å². The number of unbranched alkanes of at least 4 members (excludes halogenated alkanes) is 2. The fraction of sp³-hybridized carbons (Fsp3) is 0.357. The second kappa shape index (κ2) is 8.07. The Morgan fingerprint density at radius 2 is 1.97 bits per heavy atom. The summed E-state index contributed by atoms with van der Waals surface area (Å²) in [5, 5.41) is 2.97. The quantitative estimate of drug-likeness (QED) is 0.389. The fourth-order valence-corrected chi connectivity index (χ4v) is 6.52. The van der Waals surface area contributed by atoms with E-state index < -0.39 is 0 Å². The molecule has 0 atom stereocenters. The van der Waals surface area contributed by atoms with Crippen molar-refractivity contribution in [2.24, 2.45) is 0 Å². The van der Waals surface area contributed by atoms with E-state index in [0.717, 1.165) is 25.7 Å². The van der Waals surface area contributed by atoms with Crippen LogP contribution in [0.3, 0.4) is 0 Å². The fourth-order valence-electron chi connectivity index (χ4n) is 5.25. The van der Waals surface area contributed by atoms with Crippen molar-refractivity contribution >= 4 is 37.1 Å². The molecule has 0 unspecified atom stereocenters. The van der Waals surface area contributed by atoms with Crippen LogP contribution in [-0.4, -0.2) is 11.9 Å². The normalized spacial score (nSPS) is 17.8. The molecule has 0 radical (unpaired) electrons. The second-order valence-electron chi connectivity index (χ2n) is 8.78. The summed E-state index contributed by atoms with van der Waals surface area (Å²) in [5.41, 5.74) is 8.63. The van der Waals surface area contributed by atoms with Crippen LogP contribution in [0.15, 0.2) is 60.5 Å². The van der Waals surface area contributed by atoms with Gasteiger partial charge in [-0.15, -0.1) is 11.3 Å². The number of hydrogen-bond donors (Lipinski definition) is 0. The highest BCUT2D eigenvalue weighted by atomic mass is 32.1. The van der Waals surface area contributed by atoms with Gasteiger partial charge in [0.25, 0.3) is 0 Å². The SMILES string of the molecule is C=C1CC/C=C\N(C)C2=C1c1ccc3sc4c(CCCCC)cccc4c3c1CC2. The van der Waals surface area contributed by atoms with Crippen molar-refractivity contribution < 1.29 is 0 Å². The molecule has 0 amide bonds. The average molecular weight is 414 g/mol. The summed E-state index contributed by atoms with van der Waals surface area (Å²) in [7, 11) is 2.19. The first-order valence-corrected chi connectivity index (χ1v) is 12.3. The Hall–Kier alpha value is -2.32. The van der Waals surface area contributed by atoms with E-state index in [2.05, 4.69) is 68.1 Å². The zero-order valence-electron chi connectivity index (χ0n) is 18.3. The third-order valence-corrected chi connectivity index (χ3v) is 8.04. The molecule has 1 aliphatic carbocycles. The van der Waals surface area contributed by atoms with Crippen LogP contribution in [0.1, 0.15) is 62.1 Å². The van der Waals surface area contributed by atoms with Crippen LogP contribution < -0.4 is 0 Å². The molecule has 2 aliphatic rings. The topological polar surface area (TPSA) is 3.24 Å². The zero-order chi connectivity index (χ0) is 20.7. The molecule has 1 aromatic heterocycles. The second-order valence-corrected chi connectivity index (χ2v) is 9.83. The zero-order valence-corrected chi connectivity index (χ0v) is 19.1. The van der Waals surface area contributed by atoms with Crippen molar-refractivity contribution in [3.05, 3.63) is 77.1 Å². The first-order valence-electron chi connectivity index (χ1n) is 11.5. The number of hydrogen-bond acceptors (Lipinski definition) is 2. The van der Waals surface area contributed by atoms with Crippen LogP contribution in [0.4, 0.5) is 0 Å². The van der Waals surface area contributed by atoms with Gasteiger partial charge in [0, 0.05) is 38.5 Å². The summed E-state index contributed by atoms with van der Waals surface area (Å²) < 4.78 is 2.95. The predicted octanol–water partition coefficient (Wildman–Crippen LogP) is 8.24. The van der Waals surface area contributed by atoms with E-state index >= 15 is 0 Å². The standard InChI is InChI=1S/C28H31NS/c1-4-5-6-11-20-12-9-13-23-27-22-14-16-24-26(19(2)10-7-8-18-29(24)3)21(22)15-17-25(27)30-28(20)23/h8-9,12-13,15,17-18H,2,4-7,10-11,14,16H2,1,3H3/b18-8-. The van der Waals surface area contributed by atoms with Gasteiger partial charge in [-0.2, -0.15) is 0 Å².